The average molecular weight is 225 g/mol. The minimum atomic E-state index is 0.331. The third-order valence-corrected chi connectivity index (χ3v) is 2.06. The van der Waals surface area contributed by atoms with E-state index in [4.69, 9.17) is 11.1 Å². The molecule has 1 saturated heterocycles. The van der Waals surface area contributed by atoms with Gasteiger partial charge < -0.3 is 5.73 Å². The Hall–Kier alpha value is 0.160. The summed E-state index contributed by atoms with van der Waals surface area (Å²) in [6.45, 7) is 1.91. The number of rotatable bonds is 1. The van der Waals surface area contributed by atoms with Crippen molar-refractivity contribution in [2.24, 2.45) is 11.7 Å². The highest BCUT2D eigenvalue weighted by atomic mass is 127. The lowest BCUT2D eigenvalue weighted by atomic mass is 10.0. The first-order chi connectivity index (χ1) is 3.70. The topological polar surface area (TPSA) is 53.1 Å². The van der Waals surface area contributed by atoms with Gasteiger partial charge in [-0.3, -0.25) is 5.41 Å². The summed E-state index contributed by atoms with van der Waals surface area (Å²) in [6.07, 6.45) is 0. The zero-order chi connectivity index (χ0) is 6.15. The van der Waals surface area contributed by atoms with E-state index in [1.165, 1.54) is 0 Å². The van der Waals surface area contributed by atoms with Crippen LogP contribution < -0.4 is 5.73 Å². The summed E-state index contributed by atoms with van der Waals surface area (Å²) in [7, 11) is 0. The van der Waals surface area contributed by atoms with Gasteiger partial charge in [0.15, 0.2) is 0 Å². The number of amidine groups is 1. The highest BCUT2D eigenvalue weighted by molar-refractivity contribution is 14.1. The minimum absolute atomic E-state index is 0.331. The van der Waals surface area contributed by atoms with E-state index in [1.54, 1.807) is 0 Å². The fourth-order valence-corrected chi connectivity index (χ4v) is 1.57. The molecule has 0 amide bonds. The van der Waals surface area contributed by atoms with E-state index in [1.807, 2.05) is 0 Å². The largest absolute Gasteiger partial charge is 0.387 e. The van der Waals surface area contributed by atoms with Crippen LogP contribution in [0.5, 0.6) is 0 Å². The van der Waals surface area contributed by atoms with Gasteiger partial charge in [0.25, 0.3) is 0 Å². The Morgan fingerprint density at radius 2 is 2.25 bits per heavy atom. The van der Waals surface area contributed by atoms with E-state index >= 15 is 0 Å². The predicted molar refractivity (Wildman–Crippen MR) is 41.0 cm³/mol. The molecule has 3 N–H and O–H groups in total. The smallest absolute Gasteiger partial charge is 0.0963 e. The number of halogens is 1. The highest BCUT2D eigenvalue weighted by Gasteiger charge is 2.26. The van der Waals surface area contributed by atoms with Crippen LogP contribution >= 0.6 is 22.9 Å². The van der Waals surface area contributed by atoms with E-state index < -0.39 is 0 Å². The fraction of sp³-hybridized carbons (Fsp3) is 0.750. The molecular formula is C4H8IN3. The Bertz CT molecular complexity index is 108. The number of nitrogens with two attached hydrogens (primary N) is 1. The average Bonchev–Trinajstić information content (AvgIpc) is 1.57. The number of nitrogens with zero attached hydrogens (tertiary/aromatic N) is 1. The summed E-state index contributed by atoms with van der Waals surface area (Å²) in [5, 5.41) is 6.99. The fourth-order valence-electron chi connectivity index (χ4n) is 0.621. The van der Waals surface area contributed by atoms with Crippen molar-refractivity contribution >= 4 is 28.7 Å². The lowest BCUT2D eigenvalue weighted by Crippen LogP contribution is -2.46. The summed E-state index contributed by atoms with van der Waals surface area (Å²) < 4.78 is 2.11. The van der Waals surface area contributed by atoms with Crippen molar-refractivity contribution in [3.05, 3.63) is 0 Å². The molecule has 1 aliphatic heterocycles. The second-order valence-corrected chi connectivity index (χ2v) is 3.34. The van der Waals surface area contributed by atoms with Gasteiger partial charge in [-0.2, -0.15) is 0 Å². The van der Waals surface area contributed by atoms with Crippen LogP contribution in [0.4, 0.5) is 0 Å². The van der Waals surface area contributed by atoms with Crippen molar-refractivity contribution in [3.8, 4) is 0 Å². The molecule has 0 atom stereocenters. The molecule has 1 fully saturated rings. The van der Waals surface area contributed by atoms with Gasteiger partial charge in [0.1, 0.15) is 0 Å². The van der Waals surface area contributed by atoms with Crippen LogP contribution in [0.25, 0.3) is 0 Å². The van der Waals surface area contributed by atoms with Gasteiger partial charge in [-0.05, 0) is 0 Å². The third kappa shape index (κ3) is 1.11. The number of nitrogens with one attached hydrogen (secondary N) is 1. The molecule has 1 rings (SSSR count). The summed E-state index contributed by atoms with van der Waals surface area (Å²) in [5.41, 5.74) is 5.21. The van der Waals surface area contributed by atoms with Crippen molar-refractivity contribution in [2.45, 2.75) is 0 Å². The van der Waals surface area contributed by atoms with Crippen LogP contribution in [0.3, 0.4) is 0 Å². The molecule has 1 heterocycles. The first-order valence-electron chi connectivity index (χ1n) is 2.45. The van der Waals surface area contributed by atoms with Gasteiger partial charge >= 0.3 is 0 Å². The lowest BCUT2D eigenvalue weighted by Gasteiger charge is -2.32. The quantitative estimate of drug-likeness (QED) is 0.290. The van der Waals surface area contributed by atoms with Crippen molar-refractivity contribution in [3.63, 3.8) is 0 Å². The highest BCUT2D eigenvalue weighted by Crippen LogP contribution is 2.18. The monoisotopic (exact) mass is 225 g/mol. The third-order valence-electron chi connectivity index (χ3n) is 1.28. The predicted octanol–water partition coefficient (Wildman–Crippen LogP) is 0.204. The SMILES string of the molecule is N=C(N)C1CN(I)C1. The molecule has 0 aromatic heterocycles. The Kier molecular flexibility index (Phi) is 1.71. The van der Waals surface area contributed by atoms with E-state index in [9.17, 15) is 0 Å². The molecule has 0 unspecified atom stereocenters. The maximum absolute atomic E-state index is 6.99. The summed E-state index contributed by atoms with van der Waals surface area (Å²) in [5.74, 6) is 0.671. The summed E-state index contributed by atoms with van der Waals surface area (Å²) in [4.78, 5) is 0. The van der Waals surface area contributed by atoms with Gasteiger partial charge in [-0.15, -0.1) is 0 Å². The van der Waals surface area contributed by atoms with Crippen molar-refractivity contribution < 1.29 is 0 Å². The Morgan fingerprint density at radius 3 is 2.38 bits per heavy atom. The van der Waals surface area contributed by atoms with Gasteiger partial charge in [-0.1, -0.05) is 0 Å². The molecule has 0 radical (unpaired) electrons. The second-order valence-electron chi connectivity index (χ2n) is 1.98. The second kappa shape index (κ2) is 2.18. The molecule has 0 bridgehead atoms. The Balaban J connectivity index is 2.25. The normalized spacial score (nSPS) is 22.6. The Labute approximate surface area is 62.2 Å². The molecule has 0 aliphatic carbocycles. The van der Waals surface area contributed by atoms with Crippen LogP contribution in [0.1, 0.15) is 0 Å². The Morgan fingerprint density at radius 1 is 1.75 bits per heavy atom. The molecule has 0 spiro atoms. The van der Waals surface area contributed by atoms with Crippen molar-refractivity contribution in [2.75, 3.05) is 13.1 Å². The summed E-state index contributed by atoms with van der Waals surface area (Å²) >= 11 is 2.22. The molecule has 0 saturated carbocycles. The van der Waals surface area contributed by atoms with E-state index in [-0.39, 0.29) is 0 Å². The minimum Gasteiger partial charge on any atom is -0.387 e. The molecule has 1 aliphatic rings. The van der Waals surface area contributed by atoms with Gasteiger partial charge in [0.2, 0.25) is 0 Å². The van der Waals surface area contributed by atoms with Crippen LogP contribution in [0, 0.1) is 11.3 Å². The van der Waals surface area contributed by atoms with Crippen LogP contribution in [0.2, 0.25) is 0 Å². The molecule has 46 valence electrons. The van der Waals surface area contributed by atoms with Crippen LogP contribution in [-0.2, 0) is 0 Å². The maximum Gasteiger partial charge on any atom is 0.0963 e. The van der Waals surface area contributed by atoms with E-state index in [0.717, 1.165) is 13.1 Å². The van der Waals surface area contributed by atoms with Gasteiger partial charge in [0.05, 0.1) is 5.84 Å². The van der Waals surface area contributed by atoms with Gasteiger partial charge in [-0.25, -0.2) is 3.11 Å². The zero-order valence-electron chi connectivity index (χ0n) is 4.39. The van der Waals surface area contributed by atoms with Crippen LogP contribution in [-0.4, -0.2) is 22.0 Å². The number of hydrogen-bond acceptors (Lipinski definition) is 2. The molecule has 0 aromatic carbocycles. The molecule has 0 aromatic rings. The molecule has 4 heteroatoms. The zero-order valence-corrected chi connectivity index (χ0v) is 6.55. The van der Waals surface area contributed by atoms with E-state index in [0.29, 0.717) is 11.8 Å². The maximum atomic E-state index is 6.99. The van der Waals surface area contributed by atoms with Crippen LogP contribution in [0.15, 0.2) is 0 Å². The van der Waals surface area contributed by atoms with Crippen molar-refractivity contribution in [1.29, 1.82) is 5.41 Å². The van der Waals surface area contributed by atoms with Gasteiger partial charge in [0, 0.05) is 41.9 Å². The lowest BCUT2D eigenvalue weighted by molar-refractivity contribution is 0.309. The van der Waals surface area contributed by atoms with E-state index in [2.05, 4.69) is 26.0 Å². The first-order valence-corrected chi connectivity index (χ1v) is 3.41. The standard InChI is InChI=1S/C4H8IN3/c5-8-1-3(2-8)4(6)7/h3H,1-2H2,(H3,6,7). The summed E-state index contributed by atoms with van der Waals surface area (Å²) in [6, 6.07) is 0. The first kappa shape index (κ1) is 6.28. The molecule has 8 heavy (non-hydrogen) atoms. The molecule has 3 nitrogen and oxygen atoms in total. The van der Waals surface area contributed by atoms with Crippen molar-refractivity contribution in [1.82, 2.24) is 3.11 Å². The molecular weight excluding hydrogens is 217 g/mol. The number of hydrogen-bond donors (Lipinski definition) is 2.